The molecule has 0 unspecified atom stereocenters. The Kier molecular flexibility index (Phi) is 4.47. The molecule has 4 aromatic heterocycles. The first-order chi connectivity index (χ1) is 15.1. The van der Waals surface area contributed by atoms with Gasteiger partial charge >= 0.3 is 0 Å². The smallest absolute Gasteiger partial charge is 0.262 e. The van der Waals surface area contributed by atoms with Gasteiger partial charge in [-0.15, -0.1) is 0 Å². The number of anilines is 1. The summed E-state index contributed by atoms with van der Waals surface area (Å²) in [7, 11) is 0. The summed E-state index contributed by atoms with van der Waals surface area (Å²) in [5, 5.41) is 11.6. The molecule has 0 aliphatic rings. The lowest BCUT2D eigenvalue weighted by Crippen LogP contribution is -2.15. The highest BCUT2D eigenvalue weighted by Crippen LogP contribution is 2.26. The Morgan fingerprint density at radius 3 is 2.74 bits per heavy atom. The second-order valence-corrected chi connectivity index (χ2v) is 6.90. The normalized spacial score (nSPS) is 11.0. The second-order valence-electron chi connectivity index (χ2n) is 6.90. The van der Waals surface area contributed by atoms with Gasteiger partial charge in [-0.1, -0.05) is 6.07 Å². The van der Waals surface area contributed by atoms with E-state index in [1.165, 1.54) is 21.5 Å². The largest absolute Gasteiger partial charge is 0.306 e. The first kappa shape index (κ1) is 18.6. The first-order valence-electron chi connectivity index (χ1n) is 9.47. The Morgan fingerprint density at radius 2 is 1.94 bits per heavy atom. The van der Waals surface area contributed by atoms with Crippen molar-refractivity contribution in [1.29, 1.82) is 0 Å². The molecule has 5 aromatic rings. The number of nitrogens with one attached hydrogen (secondary N) is 1. The minimum absolute atomic E-state index is 0.314. The van der Waals surface area contributed by atoms with Gasteiger partial charge in [-0.3, -0.25) is 9.78 Å². The van der Waals surface area contributed by atoms with Crippen LogP contribution in [0, 0.1) is 12.7 Å². The molecule has 1 N–H and O–H groups in total. The van der Waals surface area contributed by atoms with Crippen molar-refractivity contribution in [3.05, 3.63) is 90.4 Å². The minimum Gasteiger partial charge on any atom is -0.306 e. The summed E-state index contributed by atoms with van der Waals surface area (Å²) in [5.41, 5.74) is 3.17. The molecule has 0 atom stereocenters. The van der Waals surface area contributed by atoms with Crippen molar-refractivity contribution in [3.63, 3.8) is 0 Å². The molecule has 0 bridgehead atoms. The summed E-state index contributed by atoms with van der Waals surface area (Å²) in [4.78, 5) is 21.2. The molecule has 152 valence electrons. The van der Waals surface area contributed by atoms with Crippen LogP contribution in [-0.4, -0.2) is 35.3 Å². The highest BCUT2D eigenvalue weighted by molar-refractivity contribution is 6.08. The van der Waals surface area contributed by atoms with Crippen LogP contribution in [0.5, 0.6) is 0 Å². The first-order valence-corrected chi connectivity index (χ1v) is 9.47. The number of fused-ring (bicyclic) bond motifs is 1. The van der Waals surface area contributed by atoms with Crippen molar-refractivity contribution in [1.82, 2.24) is 29.4 Å². The third-order valence-corrected chi connectivity index (χ3v) is 4.85. The van der Waals surface area contributed by atoms with Gasteiger partial charge in [0.1, 0.15) is 17.2 Å². The zero-order valence-corrected chi connectivity index (χ0v) is 16.4. The van der Waals surface area contributed by atoms with E-state index in [4.69, 9.17) is 0 Å². The van der Waals surface area contributed by atoms with Crippen LogP contribution in [0.2, 0.25) is 0 Å². The number of hydrogen-bond acceptors (Lipinski definition) is 5. The van der Waals surface area contributed by atoms with Crippen LogP contribution in [0.3, 0.4) is 0 Å². The molecule has 0 aliphatic carbocycles. The third-order valence-electron chi connectivity index (χ3n) is 4.85. The number of aryl methyl sites for hydroxylation is 1. The summed E-state index contributed by atoms with van der Waals surface area (Å²) in [6.45, 7) is 1.69. The molecule has 8 nitrogen and oxygen atoms in total. The average Bonchev–Trinajstić information content (AvgIpc) is 3.41. The number of nitrogens with zero attached hydrogens (tertiary/aromatic N) is 6. The molecular weight excluding hydrogens is 397 g/mol. The zero-order valence-electron chi connectivity index (χ0n) is 16.4. The maximum absolute atomic E-state index is 14.2. The molecule has 0 saturated carbocycles. The summed E-state index contributed by atoms with van der Waals surface area (Å²) in [6.07, 6.45) is 8.06. The van der Waals surface area contributed by atoms with Crippen LogP contribution >= 0.6 is 0 Å². The van der Waals surface area contributed by atoms with Gasteiger partial charge in [-0.2, -0.15) is 10.2 Å². The van der Waals surface area contributed by atoms with Gasteiger partial charge in [0.25, 0.3) is 5.91 Å². The number of rotatable bonds is 4. The predicted molar refractivity (Wildman–Crippen MR) is 112 cm³/mol. The Hall–Kier alpha value is -4.40. The highest BCUT2D eigenvalue weighted by atomic mass is 19.1. The molecule has 4 heterocycles. The maximum atomic E-state index is 14.2. The molecule has 0 spiro atoms. The number of halogens is 1. The van der Waals surface area contributed by atoms with E-state index in [1.54, 1.807) is 56.0 Å². The summed E-state index contributed by atoms with van der Waals surface area (Å²) >= 11 is 0. The second kappa shape index (κ2) is 7.45. The van der Waals surface area contributed by atoms with Crippen molar-refractivity contribution < 1.29 is 9.18 Å². The average molecular weight is 413 g/mol. The SMILES string of the molecule is Cc1ccc(-n2nc(-c3ccncc3)cc2NC(=O)c2cnn3cccnc23)cc1F. The molecule has 31 heavy (non-hydrogen) atoms. The summed E-state index contributed by atoms with van der Waals surface area (Å²) in [5.74, 6) is -0.373. The molecule has 0 fully saturated rings. The van der Waals surface area contributed by atoms with Crippen molar-refractivity contribution in [3.8, 4) is 16.9 Å². The summed E-state index contributed by atoms with van der Waals surface area (Å²) < 4.78 is 17.2. The van der Waals surface area contributed by atoms with Crippen LogP contribution in [0.4, 0.5) is 10.2 Å². The van der Waals surface area contributed by atoms with E-state index in [2.05, 4.69) is 25.5 Å². The third kappa shape index (κ3) is 3.42. The van der Waals surface area contributed by atoms with Crippen LogP contribution in [-0.2, 0) is 0 Å². The molecular formula is C22H16FN7O. The van der Waals surface area contributed by atoms with Gasteiger partial charge < -0.3 is 5.32 Å². The van der Waals surface area contributed by atoms with Gasteiger partial charge in [0.05, 0.1) is 17.6 Å². The number of amides is 1. The van der Waals surface area contributed by atoms with Crippen LogP contribution in [0.15, 0.2) is 73.4 Å². The monoisotopic (exact) mass is 413 g/mol. The van der Waals surface area contributed by atoms with Gasteiger partial charge in [-0.25, -0.2) is 18.6 Å². The topological polar surface area (TPSA) is 90.0 Å². The van der Waals surface area contributed by atoms with Gasteiger partial charge in [0.2, 0.25) is 0 Å². The van der Waals surface area contributed by atoms with Gasteiger partial charge in [0, 0.05) is 36.4 Å². The lowest BCUT2D eigenvalue weighted by Gasteiger charge is -2.09. The number of aromatic nitrogens is 6. The molecule has 1 amide bonds. The zero-order chi connectivity index (χ0) is 21.4. The van der Waals surface area contributed by atoms with Gasteiger partial charge in [-0.05, 0) is 42.8 Å². The quantitative estimate of drug-likeness (QED) is 0.485. The van der Waals surface area contributed by atoms with Crippen LogP contribution in [0.1, 0.15) is 15.9 Å². The molecule has 0 radical (unpaired) electrons. The Bertz CT molecular complexity index is 1410. The lowest BCUT2D eigenvalue weighted by molar-refractivity contribution is 0.102. The molecule has 1 aromatic carbocycles. The fraction of sp³-hybridized carbons (Fsp3) is 0.0455. The summed E-state index contributed by atoms with van der Waals surface area (Å²) in [6, 6.07) is 11.9. The van der Waals surface area contributed by atoms with E-state index in [9.17, 15) is 9.18 Å². The van der Waals surface area contributed by atoms with Gasteiger partial charge in [0.15, 0.2) is 5.65 Å². The molecule has 0 saturated heterocycles. The van der Waals surface area contributed by atoms with E-state index < -0.39 is 5.91 Å². The van der Waals surface area contributed by atoms with Crippen molar-refractivity contribution >= 4 is 17.4 Å². The van der Waals surface area contributed by atoms with E-state index >= 15 is 0 Å². The standard InChI is InChI=1S/C22H16FN7O/c1-14-3-4-16(11-18(14)23)30-20(12-19(28-30)15-5-8-24-9-6-15)27-22(31)17-13-26-29-10-2-7-25-21(17)29/h2-13H,1H3,(H,27,31). The van der Waals surface area contributed by atoms with E-state index in [0.29, 0.717) is 34.0 Å². The van der Waals surface area contributed by atoms with Crippen LogP contribution in [0.25, 0.3) is 22.6 Å². The van der Waals surface area contributed by atoms with E-state index in [0.717, 1.165) is 5.56 Å². The number of carbonyl (C=O) groups is 1. The molecule has 5 rings (SSSR count). The Balaban J connectivity index is 1.58. The molecule has 0 aliphatic heterocycles. The lowest BCUT2D eigenvalue weighted by atomic mass is 10.2. The van der Waals surface area contributed by atoms with Crippen molar-refractivity contribution in [2.24, 2.45) is 0 Å². The predicted octanol–water partition coefficient (Wildman–Crippen LogP) is 3.68. The maximum Gasteiger partial charge on any atom is 0.262 e. The number of hydrogen-bond donors (Lipinski definition) is 1. The Labute approximate surface area is 176 Å². The van der Waals surface area contributed by atoms with Crippen LogP contribution < -0.4 is 5.32 Å². The molecule has 9 heteroatoms. The fourth-order valence-electron chi connectivity index (χ4n) is 3.22. The number of pyridine rings is 1. The van der Waals surface area contributed by atoms with E-state index in [-0.39, 0.29) is 5.82 Å². The fourth-order valence-corrected chi connectivity index (χ4v) is 3.22. The number of carbonyl (C=O) groups excluding carboxylic acids is 1. The number of benzene rings is 1. The minimum atomic E-state index is -0.399. The van der Waals surface area contributed by atoms with Crippen molar-refractivity contribution in [2.75, 3.05) is 5.32 Å². The van der Waals surface area contributed by atoms with E-state index in [1.807, 2.05) is 12.1 Å². The highest BCUT2D eigenvalue weighted by Gasteiger charge is 2.18. The van der Waals surface area contributed by atoms with Crippen molar-refractivity contribution in [2.45, 2.75) is 6.92 Å². The Morgan fingerprint density at radius 1 is 1.10 bits per heavy atom.